The highest BCUT2D eigenvalue weighted by Gasteiger charge is 2.31. The number of alkyl halides is 3. The molecule has 0 atom stereocenters. The van der Waals surface area contributed by atoms with Crippen molar-refractivity contribution in [1.82, 2.24) is 0 Å². The lowest BCUT2D eigenvalue weighted by molar-refractivity contribution is -0.274. The molecule has 1 N–H and O–H groups in total. The molecule has 0 bridgehead atoms. The molecule has 0 heterocycles. The van der Waals surface area contributed by atoms with E-state index < -0.39 is 6.36 Å². The molecule has 0 radical (unpaired) electrons. The second kappa shape index (κ2) is 6.17. The van der Waals surface area contributed by atoms with E-state index in [-0.39, 0.29) is 5.75 Å². The van der Waals surface area contributed by atoms with Crippen LogP contribution in [0, 0.1) is 0 Å². The molecule has 0 spiro atoms. The molecule has 1 aromatic rings. The fourth-order valence-electron chi connectivity index (χ4n) is 2.44. The minimum Gasteiger partial charge on any atom is -0.406 e. The van der Waals surface area contributed by atoms with Crippen molar-refractivity contribution in [3.63, 3.8) is 0 Å². The zero-order valence-corrected chi connectivity index (χ0v) is 10.7. The number of rotatable bonds is 3. The highest BCUT2D eigenvalue weighted by molar-refractivity contribution is 5.48. The van der Waals surface area contributed by atoms with E-state index in [1.54, 1.807) is 12.1 Å². The third-order valence-corrected chi connectivity index (χ3v) is 3.29. The summed E-state index contributed by atoms with van der Waals surface area (Å²) in [5, 5.41) is 3.30. The Morgan fingerprint density at radius 1 is 1.05 bits per heavy atom. The van der Waals surface area contributed by atoms with Gasteiger partial charge in [0.05, 0.1) is 0 Å². The van der Waals surface area contributed by atoms with E-state index in [4.69, 9.17) is 0 Å². The molecule has 1 aliphatic carbocycles. The largest absolute Gasteiger partial charge is 0.573 e. The Hall–Kier alpha value is -1.39. The maximum atomic E-state index is 12.1. The normalized spacial score (nSPS) is 17.8. The smallest absolute Gasteiger partial charge is 0.406 e. The van der Waals surface area contributed by atoms with E-state index in [2.05, 4.69) is 10.1 Å². The van der Waals surface area contributed by atoms with Gasteiger partial charge in [-0.1, -0.05) is 31.7 Å². The van der Waals surface area contributed by atoms with Gasteiger partial charge in [-0.15, -0.1) is 13.2 Å². The lowest BCUT2D eigenvalue weighted by Crippen LogP contribution is -2.19. The van der Waals surface area contributed by atoms with Gasteiger partial charge in [-0.25, -0.2) is 0 Å². The number of halogens is 3. The van der Waals surface area contributed by atoms with Gasteiger partial charge < -0.3 is 10.1 Å². The first-order valence-electron chi connectivity index (χ1n) is 6.65. The monoisotopic (exact) mass is 273 g/mol. The summed E-state index contributed by atoms with van der Waals surface area (Å²) in [7, 11) is 0. The third-order valence-electron chi connectivity index (χ3n) is 3.29. The summed E-state index contributed by atoms with van der Waals surface area (Å²) in [5.74, 6) is -0.175. The van der Waals surface area contributed by atoms with Crippen LogP contribution in [0.15, 0.2) is 24.3 Å². The second-order valence-corrected chi connectivity index (χ2v) is 4.91. The van der Waals surface area contributed by atoms with Gasteiger partial charge in [-0.3, -0.25) is 0 Å². The third kappa shape index (κ3) is 5.01. The first-order chi connectivity index (χ1) is 9.03. The first-order valence-corrected chi connectivity index (χ1v) is 6.65. The van der Waals surface area contributed by atoms with Crippen molar-refractivity contribution >= 4 is 5.69 Å². The van der Waals surface area contributed by atoms with Crippen molar-refractivity contribution in [1.29, 1.82) is 0 Å². The molecule has 5 heteroatoms. The van der Waals surface area contributed by atoms with E-state index in [0.29, 0.717) is 11.7 Å². The molecular formula is C14H18F3NO. The van der Waals surface area contributed by atoms with E-state index >= 15 is 0 Å². The standard InChI is InChI=1S/C14H18F3NO/c15-14(16,17)19-13-9-5-8-12(10-13)18-11-6-3-1-2-4-7-11/h5,8-11,18H,1-4,6-7H2. The Morgan fingerprint density at radius 2 is 1.74 bits per heavy atom. The first kappa shape index (κ1) is 14.0. The summed E-state index contributed by atoms with van der Waals surface area (Å²) in [6.07, 6.45) is 2.35. The Balaban J connectivity index is 1.98. The van der Waals surface area contributed by atoms with Gasteiger partial charge in [0.2, 0.25) is 0 Å². The number of benzene rings is 1. The summed E-state index contributed by atoms with van der Waals surface area (Å²) in [6, 6.07) is 6.40. The number of nitrogens with one attached hydrogen (secondary N) is 1. The molecule has 2 nitrogen and oxygen atoms in total. The summed E-state index contributed by atoms with van der Waals surface area (Å²) in [6.45, 7) is 0. The van der Waals surface area contributed by atoms with Crippen molar-refractivity contribution in [3.05, 3.63) is 24.3 Å². The number of hydrogen-bond acceptors (Lipinski definition) is 2. The van der Waals surface area contributed by atoms with Crippen LogP contribution in [0.25, 0.3) is 0 Å². The Kier molecular flexibility index (Phi) is 4.56. The van der Waals surface area contributed by atoms with Gasteiger partial charge in [0, 0.05) is 17.8 Å². The van der Waals surface area contributed by atoms with Gasteiger partial charge in [-0.05, 0) is 25.0 Å². The maximum absolute atomic E-state index is 12.1. The van der Waals surface area contributed by atoms with Crippen LogP contribution in [0.2, 0.25) is 0 Å². The molecule has 19 heavy (non-hydrogen) atoms. The van der Waals surface area contributed by atoms with Crippen molar-refractivity contribution in [3.8, 4) is 5.75 Å². The molecule has 0 aliphatic heterocycles. The Bertz CT molecular complexity index is 398. The second-order valence-electron chi connectivity index (χ2n) is 4.91. The quantitative estimate of drug-likeness (QED) is 0.804. The topological polar surface area (TPSA) is 21.3 Å². The fourth-order valence-corrected chi connectivity index (χ4v) is 2.44. The summed E-state index contributed by atoms with van der Waals surface area (Å²) in [4.78, 5) is 0. The molecule has 106 valence electrons. The lowest BCUT2D eigenvalue weighted by atomic mass is 10.1. The van der Waals surface area contributed by atoms with Crippen LogP contribution in [0.1, 0.15) is 38.5 Å². The van der Waals surface area contributed by atoms with Crippen molar-refractivity contribution in [2.24, 2.45) is 0 Å². The van der Waals surface area contributed by atoms with Crippen LogP contribution in [-0.2, 0) is 0 Å². The summed E-state index contributed by atoms with van der Waals surface area (Å²) < 4.78 is 40.3. The van der Waals surface area contributed by atoms with Crippen LogP contribution in [0.5, 0.6) is 5.75 Å². The van der Waals surface area contributed by atoms with E-state index in [9.17, 15) is 13.2 Å². The van der Waals surface area contributed by atoms with Crippen molar-refractivity contribution in [2.45, 2.75) is 50.9 Å². The minimum atomic E-state index is -4.64. The van der Waals surface area contributed by atoms with Crippen LogP contribution in [-0.4, -0.2) is 12.4 Å². The molecule has 1 aliphatic rings. The fraction of sp³-hybridized carbons (Fsp3) is 0.571. The maximum Gasteiger partial charge on any atom is 0.573 e. The zero-order chi connectivity index (χ0) is 13.7. The predicted octanol–water partition coefficient (Wildman–Crippen LogP) is 4.72. The molecule has 1 fully saturated rings. The number of anilines is 1. The molecule has 0 aromatic heterocycles. The molecule has 1 saturated carbocycles. The van der Waals surface area contributed by atoms with Gasteiger partial charge >= 0.3 is 6.36 Å². The van der Waals surface area contributed by atoms with Crippen LogP contribution < -0.4 is 10.1 Å². The average molecular weight is 273 g/mol. The molecule has 0 amide bonds. The van der Waals surface area contributed by atoms with E-state index in [1.807, 2.05) is 0 Å². The van der Waals surface area contributed by atoms with Gasteiger partial charge in [0.15, 0.2) is 0 Å². The highest BCUT2D eigenvalue weighted by atomic mass is 19.4. The van der Waals surface area contributed by atoms with Gasteiger partial charge in [0.25, 0.3) is 0 Å². The average Bonchev–Trinajstić information content (AvgIpc) is 2.56. The summed E-state index contributed by atoms with van der Waals surface area (Å²) in [5.41, 5.74) is 0.689. The van der Waals surface area contributed by atoms with Crippen molar-refractivity contribution < 1.29 is 17.9 Å². The van der Waals surface area contributed by atoms with Gasteiger partial charge in [-0.2, -0.15) is 0 Å². The van der Waals surface area contributed by atoms with Crippen LogP contribution >= 0.6 is 0 Å². The predicted molar refractivity (Wildman–Crippen MR) is 68.2 cm³/mol. The van der Waals surface area contributed by atoms with E-state index in [1.165, 1.54) is 37.8 Å². The summed E-state index contributed by atoms with van der Waals surface area (Å²) >= 11 is 0. The molecular weight excluding hydrogens is 255 g/mol. The number of ether oxygens (including phenoxy) is 1. The highest BCUT2D eigenvalue weighted by Crippen LogP contribution is 2.27. The molecule has 1 aromatic carbocycles. The molecule has 0 unspecified atom stereocenters. The Labute approximate surface area is 111 Å². The SMILES string of the molecule is FC(F)(F)Oc1cccc(NC2CCCCCC2)c1. The molecule has 0 saturated heterocycles. The Morgan fingerprint density at radius 3 is 2.37 bits per heavy atom. The van der Waals surface area contributed by atoms with Gasteiger partial charge in [0.1, 0.15) is 5.75 Å². The van der Waals surface area contributed by atoms with Crippen LogP contribution in [0.3, 0.4) is 0 Å². The van der Waals surface area contributed by atoms with Crippen LogP contribution in [0.4, 0.5) is 18.9 Å². The minimum absolute atomic E-state index is 0.175. The van der Waals surface area contributed by atoms with Crippen molar-refractivity contribution in [2.75, 3.05) is 5.32 Å². The zero-order valence-electron chi connectivity index (χ0n) is 10.7. The van der Waals surface area contributed by atoms with E-state index in [0.717, 1.165) is 12.8 Å². The number of hydrogen-bond donors (Lipinski definition) is 1. The molecule has 2 rings (SSSR count). The lowest BCUT2D eigenvalue weighted by Gasteiger charge is -2.18.